The summed E-state index contributed by atoms with van der Waals surface area (Å²) in [5, 5.41) is 3.71. The van der Waals surface area contributed by atoms with Gasteiger partial charge in [-0.3, -0.25) is 0 Å². The van der Waals surface area contributed by atoms with Crippen LogP contribution in [0.25, 0.3) is 0 Å². The number of hydrogen-bond donors (Lipinski definition) is 1. The van der Waals surface area contributed by atoms with Gasteiger partial charge in [-0.25, -0.2) is 0 Å². The first-order valence-electron chi connectivity index (χ1n) is 6.85. The molecule has 2 rings (SSSR count). The van der Waals surface area contributed by atoms with Gasteiger partial charge in [0, 0.05) is 12.6 Å². The Morgan fingerprint density at radius 3 is 2.81 bits per heavy atom. The van der Waals surface area contributed by atoms with E-state index in [4.69, 9.17) is 4.74 Å². The normalized spacial score (nSPS) is 38.6. The highest BCUT2D eigenvalue weighted by molar-refractivity contribution is 4.88. The molecule has 2 aliphatic rings. The molecule has 1 heterocycles. The van der Waals surface area contributed by atoms with Crippen LogP contribution in [0.3, 0.4) is 0 Å². The van der Waals surface area contributed by atoms with Crippen molar-refractivity contribution in [1.29, 1.82) is 0 Å². The van der Waals surface area contributed by atoms with Gasteiger partial charge < -0.3 is 10.1 Å². The smallest absolute Gasteiger partial charge is 0.110 e. The Morgan fingerprint density at radius 1 is 1.31 bits per heavy atom. The maximum absolute atomic E-state index is 5.58. The second-order valence-corrected chi connectivity index (χ2v) is 5.33. The van der Waals surface area contributed by atoms with Crippen LogP contribution in [0.2, 0.25) is 0 Å². The first kappa shape index (κ1) is 12.0. The van der Waals surface area contributed by atoms with Gasteiger partial charge in [-0.15, -0.1) is 0 Å². The first-order chi connectivity index (χ1) is 7.81. The molecular formula is C14H25NO. The van der Waals surface area contributed by atoms with Gasteiger partial charge in [0.25, 0.3) is 0 Å². The zero-order valence-electron chi connectivity index (χ0n) is 10.6. The molecule has 1 saturated carbocycles. The topological polar surface area (TPSA) is 21.3 Å². The Labute approximate surface area is 99.4 Å². The van der Waals surface area contributed by atoms with E-state index in [0.717, 1.165) is 24.4 Å². The van der Waals surface area contributed by atoms with Crippen LogP contribution in [-0.4, -0.2) is 18.7 Å². The van der Waals surface area contributed by atoms with Crippen LogP contribution in [0, 0.1) is 11.8 Å². The summed E-state index contributed by atoms with van der Waals surface area (Å²) in [6.07, 6.45) is 10.8. The minimum atomic E-state index is 0.401. The summed E-state index contributed by atoms with van der Waals surface area (Å²) in [7, 11) is 0. The minimum absolute atomic E-state index is 0.401. The Kier molecular flexibility index (Phi) is 4.28. The van der Waals surface area contributed by atoms with Crippen LogP contribution in [0.1, 0.15) is 46.0 Å². The Morgan fingerprint density at radius 2 is 2.19 bits per heavy atom. The molecule has 0 aromatic heterocycles. The van der Waals surface area contributed by atoms with Crippen molar-refractivity contribution >= 4 is 0 Å². The monoisotopic (exact) mass is 223 g/mol. The van der Waals surface area contributed by atoms with Crippen LogP contribution < -0.4 is 5.32 Å². The summed E-state index contributed by atoms with van der Waals surface area (Å²) < 4.78 is 5.58. The fraction of sp³-hybridized carbons (Fsp3) is 0.857. The molecular weight excluding hydrogens is 198 g/mol. The molecule has 0 aromatic carbocycles. The highest BCUT2D eigenvalue weighted by atomic mass is 16.5. The van der Waals surface area contributed by atoms with E-state index in [1.807, 2.05) is 6.26 Å². The number of nitrogens with one attached hydrogen (secondary N) is 1. The average Bonchev–Trinajstić information content (AvgIpc) is 2.69. The first-order valence-corrected chi connectivity index (χ1v) is 6.85. The molecule has 92 valence electrons. The highest BCUT2D eigenvalue weighted by Gasteiger charge is 2.31. The number of hydrogen-bond acceptors (Lipinski definition) is 2. The predicted octanol–water partition coefficient (Wildman–Crippen LogP) is 3.09. The van der Waals surface area contributed by atoms with E-state index in [1.165, 1.54) is 32.1 Å². The van der Waals surface area contributed by atoms with E-state index in [9.17, 15) is 0 Å². The quantitative estimate of drug-likeness (QED) is 0.790. The van der Waals surface area contributed by atoms with E-state index in [2.05, 4.69) is 25.2 Å². The van der Waals surface area contributed by atoms with Gasteiger partial charge in [0.05, 0.1) is 6.26 Å². The standard InChI is InChI=1S/C14H25NO/c1-3-12-7-8-14(11(12)2)15-10-13-6-4-5-9-16-13/h5,9,11-15H,3-4,6-8,10H2,1-2H3. The molecule has 0 radical (unpaired) electrons. The second kappa shape index (κ2) is 5.72. The maximum Gasteiger partial charge on any atom is 0.110 e. The molecule has 0 spiro atoms. The third kappa shape index (κ3) is 2.79. The van der Waals surface area contributed by atoms with Crippen molar-refractivity contribution in [3.05, 3.63) is 12.3 Å². The lowest BCUT2D eigenvalue weighted by molar-refractivity contribution is 0.117. The fourth-order valence-corrected chi connectivity index (χ4v) is 3.13. The summed E-state index contributed by atoms with van der Waals surface area (Å²) in [5.41, 5.74) is 0. The van der Waals surface area contributed by atoms with Crippen LogP contribution in [-0.2, 0) is 4.74 Å². The van der Waals surface area contributed by atoms with Gasteiger partial charge in [-0.05, 0) is 43.6 Å². The molecule has 0 amide bonds. The number of allylic oxidation sites excluding steroid dienone is 1. The molecule has 4 atom stereocenters. The summed E-state index contributed by atoms with van der Waals surface area (Å²) in [6, 6.07) is 0.722. The summed E-state index contributed by atoms with van der Waals surface area (Å²) in [4.78, 5) is 0. The maximum atomic E-state index is 5.58. The molecule has 4 unspecified atom stereocenters. The molecule has 1 fully saturated rings. The van der Waals surface area contributed by atoms with Crippen molar-refractivity contribution < 1.29 is 4.74 Å². The average molecular weight is 223 g/mol. The third-order valence-electron chi connectivity index (χ3n) is 4.38. The molecule has 0 bridgehead atoms. The Hall–Kier alpha value is -0.500. The molecule has 2 heteroatoms. The summed E-state index contributed by atoms with van der Waals surface area (Å²) in [5.74, 6) is 1.77. The van der Waals surface area contributed by atoms with E-state index < -0.39 is 0 Å². The lowest BCUT2D eigenvalue weighted by atomic mass is 9.93. The molecule has 1 aliphatic heterocycles. The zero-order valence-corrected chi connectivity index (χ0v) is 10.6. The Bertz CT molecular complexity index is 239. The van der Waals surface area contributed by atoms with Crippen molar-refractivity contribution in [2.24, 2.45) is 11.8 Å². The SMILES string of the molecule is CCC1CCC(NCC2CCC=CO2)C1C. The van der Waals surface area contributed by atoms with Crippen molar-refractivity contribution in [2.45, 2.75) is 58.1 Å². The van der Waals surface area contributed by atoms with Crippen molar-refractivity contribution in [3.8, 4) is 0 Å². The zero-order chi connectivity index (χ0) is 11.4. The lowest BCUT2D eigenvalue weighted by Crippen LogP contribution is -2.38. The van der Waals surface area contributed by atoms with Crippen LogP contribution in [0.5, 0.6) is 0 Å². The van der Waals surface area contributed by atoms with Gasteiger partial charge in [-0.2, -0.15) is 0 Å². The van der Waals surface area contributed by atoms with Crippen molar-refractivity contribution in [2.75, 3.05) is 6.54 Å². The lowest BCUT2D eigenvalue weighted by Gasteiger charge is -2.25. The fourth-order valence-electron chi connectivity index (χ4n) is 3.13. The van der Waals surface area contributed by atoms with Crippen LogP contribution >= 0.6 is 0 Å². The summed E-state index contributed by atoms with van der Waals surface area (Å²) in [6.45, 7) is 5.74. The van der Waals surface area contributed by atoms with Crippen molar-refractivity contribution in [3.63, 3.8) is 0 Å². The van der Waals surface area contributed by atoms with E-state index in [1.54, 1.807) is 0 Å². The number of ether oxygens (including phenoxy) is 1. The molecule has 16 heavy (non-hydrogen) atoms. The van der Waals surface area contributed by atoms with Gasteiger partial charge >= 0.3 is 0 Å². The highest BCUT2D eigenvalue weighted by Crippen LogP contribution is 2.33. The van der Waals surface area contributed by atoms with Gasteiger partial charge in [0.1, 0.15) is 6.10 Å². The second-order valence-electron chi connectivity index (χ2n) is 5.33. The molecule has 2 nitrogen and oxygen atoms in total. The van der Waals surface area contributed by atoms with E-state index in [-0.39, 0.29) is 0 Å². The molecule has 1 aliphatic carbocycles. The van der Waals surface area contributed by atoms with Crippen LogP contribution in [0.4, 0.5) is 0 Å². The van der Waals surface area contributed by atoms with Gasteiger partial charge in [0.2, 0.25) is 0 Å². The van der Waals surface area contributed by atoms with Gasteiger partial charge in [0.15, 0.2) is 0 Å². The largest absolute Gasteiger partial charge is 0.497 e. The predicted molar refractivity (Wildman–Crippen MR) is 67.2 cm³/mol. The Balaban J connectivity index is 1.72. The summed E-state index contributed by atoms with van der Waals surface area (Å²) >= 11 is 0. The van der Waals surface area contributed by atoms with Crippen molar-refractivity contribution in [1.82, 2.24) is 5.32 Å². The third-order valence-corrected chi connectivity index (χ3v) is 4.38. The van der Waals surface area contributed by atoms with Crippen LogP contribution in [0.15, 0.2) is 12.3 Å². The van der Waals surface area contributed by atoms with E-state index >= 15 is 0 Å². The molecule has 0 saturated heterocycles. The number of rotatable bonds is 4. The van der Waals surface area contributed by atoms with E-state index in [0.29, 0.717) is 6.10 Å². The molecule has 1 N–H and O–H groups in total. The minimum Gasteiger partial charge on any atom is -0.497 e. The van der Waals surface area contributed by atoms with Gasteiger partial charge in [-0.1, -0.05) is 20.3 Å². The molecule has 0 aromatic rings.